The molecule has 3 aromatic rings. The van der Waals surface area contributed by atoms with Gasteiger partial charge in [-0.1, -0.05) is 42.1 Å². The summed E-state index contributed by atoms with van der Waals surface area (Å²) in [6, 6.07) is 13.5. The normalized spacial score (nSPS) is 11.7. The Morgan fingerprint density at radius 1 is 1.32 bits per heavy atom. The van der Waals surface area contributed by atoms with Crippen molar-refractivity contribution in [2.75, 3.05) is 5.32 Å². The van der Waals surface area contributed by atoms with Gasteiger partial charge >= 0.3 is 0 Å². The summed E-state index contributed by atoms with van der Waals surface area (Å²) in [5.74, 6) is 0.578. The van der Waals surface area contributed by atoms with Crippen LogP contribution < -0.4 is 5.32 Å². The lowest BCUT2D eigenvalue weighted by Gasteiger charge is -2.11. The first-order valence-electron chi connectivity index (χ1n) is 7.50. The van der Waals surface area contributed by atoms with Crippen LogP contribution in [0, 0.1) is 11.3 Å². The zero-order valence-electron chi connectivity index (χ0n) is 13.6. The molecule has 1 atom stereocenters. The fourth-order valence-corrected chi connectivity index (χ4v) is 3.73. The second kappa shape index (κ2) is 7.51. The molecule has 1 N–H and O–H groups in total. The van der Waals surface area contributed by atoms with Crippen molar-refractivity contribution in [2.24, 2.45) is 7.05 Å². The van der Waals surface area contributed by atoms with Crippen molar-refractivity contribution in [2.45, 2.75) is 17.3 Å². The number of nitrogens with one attached hydrogen (secondary N) is 1. The van der Waals surface area contributed by atoms with Gasteiger partial charge in [0.15, 0.2) is 11.0 Å². The van der Waals surface area contributed by atoms with E-state index in [-0.39, 0.29) is 11.2 Å². The molecule has 25 heavy (non-hydrogen) atoms. The van der Waals surface area contributed by atoms with E-state index in [4.69, 9.17) is 5.26 Å². The van der Waals surface area contributed by atoms with Crippen LogP contribution in [-0.4, -0.2) is 25.9 Å². The van der Waals surface area contributed by atoms with Gasteiger partial charge in [0, 0.05) is 12.6 Å². The van der Waals surface area contributed by atoms with Crippen LogP contribution in [0.25, 0.3) is 11.4 Å². The van der Waals surface area contributed by atoms with E-state index in [2.05, 4.69) is 21.6 Å². The molecule has 126 valence electrons. The maximum atomic E-state index is 12.4. The van der Waals surface area contributed by atoms with Crippen LogP contribution in [-0.2, 0) is 11.8 Å². The fraction of sp³-hybridized carbons (Fsp3) is 0.176. The Kier molecular flexibility index (Phi) is 5.16. The van der Waals surface area contributed by atoms with Gasteiger partial charge in [0.25, 0.3) is 0 Å². The topological polar surface area (TPSA) is 83.6 Å². The minimum Gasteiger partial charge on any atom is -0.316 e. The van der Waals surface area contributed by atoms with Gasteiger partial charge in [-0.15, -0.1) is 21.5 Å². The SMILES string of the molecule is C[C@H](Sc1nnc(-c2ccccc2)n1C)C(=O)Nc1sccc1C#N. The van der Waals surface area contributed by atoms with Gasteiger partial charge in [-0.2, -0.15) is 5.26 Å². The fourth-order valence-electron chi connectivity index (χ4n) is 2.18. The smallest absolute Gasteiger partial charge is 0.238 e. The van der Waals surface area contributed by atoms with E-state index in [1.165, 1.54) is 23.1 Å². The highest BCUT2D eigenvalue weighted by molar-refractivity contribution is 8.00. The van der Waals surface area contributed by atoms with Gasteiger partial charge < -0.3 is 9.88 Å². The van der Waals surface area contributed by atoms with Crippen molar-refractivity contribution in [3.05, 3.63) is 47.3 Å². The van der Waals surface area contributed by atoms with Crippen LogP contribution in [0.2, 0.25) is 0 Å². The molecule has 0 unspecified atom stereocenters. The molecule has 0 aliphatic rings. The summed E-state index contributed by atoms with van der Waals surface area (Å²) in [4.78, 5) is 12.4. The highest BCUT2D eigenvalue weighted by Crippen LogP contribution is 2.28. The lowest BCUT2D eigenvalue weighted by molar-refractivity contribution is -0.115. The Labute approximate surface area is 153 Å². The van der Waals surface area contributed by atoms with Gasteiger partial charge in [0.2, 0.25) is 5.91 Å². The van der Waals surface area contributed by atoms with Crippen molar-refractivity contribution in [1.29, 1.82) is 5.26 Å². The molecule has 1 amide bonds. The molecule has 0 aliphatic carbocycles. The Hall–Kier alpha value is -2.63. The molecule has 0 bridgehead atoms. The lowest BCUT2D eigenvalue weighted by atomic mass is 10.2. The summed E-state index contributed by atoms with van der Waals surface area (Å²) < 4.78 is 1.87. The minimum atomic E-state index is -0.375. The average Bonchev–Trinajstić information content (AvgIpc) is 3.22. The third-order valence-electron chi connectivity index (χ3n) is 3.54. The Morgan fingerprint density at radius 2 is 2.08 bits per heavy atom. The Bertz CT molecular complexity index is 926. The molecule has 6 nitrogen and oxygen atoms in total. The first-order chi connectivity index (χ1) is 12.1. The molecule has 2 heterocycles. The number of hydrogen-bond donors (Lipinski definition) is 1. The quantitative estimate of drug-likeness (QED) is 0.696. The molecule has 0 saturated heterocycles. The first-order valence-corrected chi connectivity index (χ1v) is 9.26. The zero-order chi connectivity index (χ0) is 17.8. The van der Waals surface area contributed by atoms with Gasteiger partial charge in [-0.05, 0) is 18.4 Å². The number of hydrogen-bond acceptors (Lipinski definition) is 6. The molecule has 3 rings (SSSR count). The molecular weight excluding hydrogens is 354 g/mol. The van der Waals surface area contributed by atoms with Crippen LogP contribution in [0.5, 0.6) is 0 Å². The number of aromatic nitrogens is 3. The van der Waals surface area contributed by atoms with Crippen LogP contribution in [0.4, 0.5) is 5.00 Å². The van der Waals surface area contributed by atoms with Crippen molar-refractivity contribution in [3.8, 4) is 17.5 Å². The number of nitrogens with zero attached hydrogens (tertiary/aromatic N) is 4. The van der Waals surface area contributed by atoms with E-state index in [1.807, 2.05) is 41.9 Å². The number of carbonyl (C=O) groups is 1. The second-order valence-corrected chi connectivity index (χ2v) is 7.48. The van der Waals surface area contributed by atoms with E-state index in [0.29, 0.717) is 15.7 Å². The lowest BCUT2D eigenvalue weighted by Crippen LogP contribution is -2.22. The van der Waals surface area contributed by atoms with E-state index >= 15 is 0 Å². The molecule has 0 aliphatic heterocycles. The molecule has 0 fully saturated rings. The number of benzene rings is 1. The maximum absolute atomic E-state index is 12.4. The molecule has 2 aromatic heterocycles. The summed E-state index contributed by atoms with van der Waals surface area (Å²) in [5, 5.41) is 22.9. The number of thioether (sulfide) groups is 1. The van der Waals surface area contributed by atoms with Crippen LogP contribution in [0.3, 0.4) is 0 Å². The van der Waals surface area contributed by atoms with E-state index in [1.54, 1.807) is 18.4 Å². The number of amides is 1. The Balaban J connectivity index is 1.71. The Morgan fingerprint density at radius 3 is 2.80 bits per heavy atom. The monoisotopic (exact) mass is 369 g/mol. The van der Waals surface area contributed by atoms with Crippen molar-refractivity contribution in [1.82, 2.24) is 14.8 Å². The van der Waals surface area contributed by atoms with E-state index in [9.17, 15) is 4.79 Å². The molecular formula is C17H15N5OS2. The maximum Gasteiger partial charge on any atom is 0.238 e. The number of rotatable bonds is 5. The number of nitriles is 1. The van der Waals surface area contributed by atoms with Gasteiger partial charge in [0.1, 0.15) is 11.1 Å². The summed E-state index contributed by atoms with van der Waals surface area (Å²) >= 11 is 2.66. The first kappa shape index (κ1) is 17.2. The van der Waals surface area contributed by atoms with Gasteiger partial charge in [-0.3, -0.25) is 4.79 Å². The summed E-state index contributed by atoms with van der Waals surface area (Å²) in [6.07, 6.45) is 0. The van der Waals surface area contributed by atoms with Crippen LogP contribution in [0.1, 0.15) is 12.5 Å². The highest BCUT2D eigenvalue weighted by Gasteiger charge is 2.20. The minimum absolute atomic E-state index is 0.173. The van der Waals surface area contributed by atoms with Crippen LogP contribution in [0.15, 0.2) is 46.9 Å². The summed E-state index contributed by atoms with van der Waals surface area (Å²) in [7, 11) is 1.88. The van der Waals surface area contributed by atoms with E-state index in [0.717, 1.165) is 11.4 Å². The van der Waals surface area contributed by atoms with Gasteiger partial charge in [-0.25, -0.2) is 0 Å². The zero-order valence-corrected chi connectivity index (χ0v) is 15.3. The average molecular weight is 369 g/mol. The number of anilines is 1. The standard InChI is InChI=1S/C17H15N5OS2/c1-11(15(23)19-16-13(10-18)8-9-24-16)25-17-21-20-14(22(17)2)12-6-4-3-5-7-12/h3-9,11H,1-2H3,(H,19,23)/t11-/m0/s1. The highest BCUT2D eigenvalue weighted by atomic mass is 32.2. The van der Waals surface area contributed by atoms with Gasteiger partial charge in [0.05, 0.1) is 10.8 Å². The molecule has 8 heteroatoms. The predicted molar refractivity (Wildman–Crippen MR) is 99.4 cm³/mol. The molecule has 0 radical (unpaired) electrons. The molecule has 0 spiro atoms. The van der Waals surface area contributed by atoms with Crippen molar-refractivity contribution < 1.29 is 4.79 Å². The summed E-state index contributed by atoms with van der Waals surface area (Å²) in [6.45, 7) is 1.80. The van der Waals surface area contributed by atoms with E-state index < -0.39 is 0 Å². The van der Waals surface area contributed by atoms with Crippen LogP contribution >= 0.6 is 23.1 Å². The number of carbonyl (C=O) groups excluding carboxylic acids is 1. The summed E-state index contributed by atoms with van der Waals surface area (Å²) in [5.41, 5.74) is 1.44. The predicted octanol–water partition coefficient (Wildman–Crippen LogP) is 3.53. The third kappa shape index (κ3) is 3.73. The molecule has 1 aromatic carbocycles. The van der Waals surface area contributed by atoms with Crippen molar-refractivity contribution in [3.63, 3.8) is 0 Å². The largest absolute Gasteiger partial charge is 0.316 e. The molecule has 0 saturated carbocycles. The third-order valence-corrected chi connectivity index (χ3v) is 5.50. The van der Waals surface area contributed by atoms with Crippen molar-refractivity contribution >= 4 is 34.0 Å². The number of thiophene rings is 1. The second-order valence-electron chi connectivity index (χ2n) is 5.26.